The van der Waals surface area contributed by atoms with Crippen molar-refractivity contribution in [3.8, 4) is 0 Å². The molecule has 1 fully saturated rings. The van der Waals surface area contributed by atoms with Crippen molar-refractivity contribution >= 4 is 6.09 Å². The molecule has 0 radical (unpaired) electrons. The van der Waals surface area contributed by atoms with Gasteiger partial charge in [0.05, 0.1) is 12.1 Å². The van der Waals surface area contributed by atoms with Gasteiger partial charge in [0.1, 0.15) is 5.60 Å². The van der Waals surface area contributed by atoms with Crippen molar-refractivity contribution in [1.29, 1.82) is 0 Å². The molecule has 2 unspecified atom stereocenters. The summed E-state index contributed by atoms with van der Waals surface area (Å²) < 4.78 is 5.09. The highest BCUT2D eigenvalue weighted by Gasteiger charge is 2.28. The lowest BCUT2D eigenvalue weighted by molar-refractivity contribution is 0.0450. The van der Waals surface area contributed by atoms with Gasteiger partial charge in [-0.25, -0.2) is 4.79 Å². The summed E-state index contributed by atoms with van der Waals surface area (Å²) in [6.45, 7) is 5.45. The lowest BCUT2D eigenvalue weighted by atomic mass is 10.2. The van der Waals surface area contributed by atoms with Gasteiger partial charge in [0, 0.05) is 0 Å². The third kappa shape index (κ3) is 3.54. The molecule has 1 aliphatic rings. The average Bonchev–Trinajstić information content (AvgIpc) is 2.32. The maximum Gasteiger partial charge on any atom is 0.407 e. The summed E-state index contributed by atoms with van der Waals surface area (Å²) in [4.78, 5) is 11.3. The molecule has 1 aliphatic carbocycles. The Hall–Kier alpha value is -0.770. The van der Waals surface area contributed by atoms with E-state index in [2.05, 4.69) is 5.32 Å². The van der Waals surface area contributed by atoms with Gasteiger partial charge >= 0.3 is 6.09 Å². The molecule has 0 aliphatic heterocycles. The number of aliphatic hydroxyl groups excluding tert-OH is 1. The fraction of sp³-hybridized carbons (Fsp3) is 0.900. The van der Waals surface area contributed by atoms with Gasteiger partial charge in [0.2, 0.25) is 0 Å². The Bertz CT molecular complexity index is 210. The second-order valence-electron chi connectivity index (χ2n) is 4.75. The molecule has 0 aromatic heterocycles. The Morgan fingerprint density at radius 2 is 2.07 bits per heavy atom. The first-order chi connectivity index (χ1) is 6.38. The average molecular weight is 201 g/mol. The minimum absolute atomic E-state index is 0.134. The van der Waals surface area contributed by atoms with E-state index in [0.29, 0.717) is 0 Å². The molecule has 4 heteroatoms. The van der Waals surface area contributed by atoms with Crippen LogP contribution < -0.4 is 5.32 Å². The van der Waals surface area contributed by atoms with E-state index in [4.69, 9.17) is 4.74 Å². The SMILES string of the molecule is CC(C)(C)OC(=O)NC1CCCC1O. The Morgan fingerprint density at radius 1 is 1.43 bits per heavy atom. The highest BCUT2D eigenvalue weighted by molar-refractivity contribution is 5.68. The van der Waals surface area contributed by atoms with E-state index < -0.39 is 17.8 Å². The Labute approximate surface area is 84.6 Å². The summed E-state index contributed by atoms with van der Waals surface area (Å²) in [5.74, 6) is 0. The molecule has 1 rings (SSSR count). The maximum absolute atomic E-state index is 11.3. The van der Waals surface area contributed by atoms with E-state index in [0.717, 1.165) is 19.3 Å². The predicted octanol–water partition coefficient (Wildman–Crippen LogP) is 1.42. The number of alkyl carbamates (subject to hydrolysis) is 1. The van der Waals surface area contributed by atoms with Crippen LogP contribution in [0.3, 0.4) is 0 Å². The number of aliphatic hydroxyl groups is 1. The molecule has 2 N–H and O–H groups in total. The molecule has 4 nitrogen and oxygen atoms in total. The van der Waals surface area contributed by atoms with Gasteiger partial charge in [-0.2, -0.15) is 0 Å². The van der Waals surface area contributed by atoms with Crippen LogP contribution >= 0.6 is 0 Å². The molecule has 0 aromatic rings. The van der Waals surface area contributed by atoms with Crippen molar-refractivity contribution in [2.24, 2.45) is 0 Å². The molecule has 0 bridgehead atoms. The van der Waals surface area contributed by atoms with Crippen molar-refractivity contribution in [3.63, 3.8) is 0 Å². The van der Waals surface area contributed by atoms with Crippen molar-refractivity contribution in [3.05, 3.63) is 0 Å². The van der Waals surface area contributed by atoms with Gasteiger partial charge < -0.3 is 15.2 Å². The molecule has 0 aromatic carbocycles. The second-order valence-corrected chi connectivity index (χ2v) is 4.75. The van der Waals surface area contributed by atoms with Gasteiger partial charge in [-0.05, 0) is 40.0 Å². The fourth-order valence-electron chi connectivity index (χ4n) is 1.57. The third-order valence-corrected chi connectivity index (χ3v) is 2.18. The number of hydrogen-bond donors (Lipinski definition) is 2. The normalized spacial score (nSPS) is 27.4. The van der Waals surface area contributed by atoms with E-state index in [9.17, 15) is 9.90 Å². The van der Waals surface area contributed by atoms with Crippen molar-refractivity contribution < 1.29 is 14.6 Å². The molecule has 0 saturated heterocycles. The number of rotatable bonds is 1. The van der Waals surface area contributed by atoms with Gasteiger partial charge in [-0.3, -0.25) is 0 Å². The first-order valence-corrected chi connectivity index (χ1v) is 5.06. The van der Waals surface area contributed by atoms with Crippen LogP contribution in [0.5, 0.6) is 0 Å². The zero-order valence-corrected chi connectivity index (χ0v) is 9.04. The van der Waals surface area contributed by atoms with Gasteiger partial charge in [0.15, 0.2) is 0 Å². The van der Waals surface area contributed by atoms with Crippen LogP contribution in [-0.4, -0.2) is 28.9 Å². The fourth-order valence-corrected chi connectivity index (χ4v) is 1.57. The van der Waals surface area contributed by atoms with Crippen LogP contribution in [0.15, 0.2) is 0 Å². The minimum Gasteiger partial charge on any atom is -0.444 e. The summed E-state index contributed by atoms with van der Waals surface area (Å²) in [5, 5.41) is 12.1. The third-order valence-electron chi connectivity index (χ3n) is 2.18. The van der Waals surface area contributed by atoms with Gasteiger partial charge in [-0.1, -0.05) is 0 Å². The molecule has 0 spiro atoms. The second kappa shape index (κ2) is 4.17. The number of ether oxygens (including phenoxy) is 1. The number of carbonyl (C=O) groups is 1. The summed E-state index contributed by atoms with van der Waals surface area (Å²) in [7, 11) is 0. The molecule has 1 amide bonds. The number of amides is 1. The van der Waals surface area contributed by atoms with Crippen molar-refractivity contribution in [2.75, 3.05) is 0 Å². The first kappa shape index (κ1) is 11.3. The lowest BCUT2D eigenvalue weighted by Gasteiger charge is -2.22. The van der Waals surface area contributed by atoms with Crippen LogP contribution in [0.4, 0.5) is 4.79 Å². The summed E-state index contributed by atoms with van der Waals surface area (Å²) in [5.41, 5.74) is -0.479. The Morgan fingerprint density at radius 3 is 2.50 bits per heavy atom. The van der Waals surface area contributed by atoms with Crippen LogP contribution in [0, 0.1) is 0 Å². The van der Waals surface area contributed by atoms with E-state index in [1.807, 2.05) is 20.8 Å². The summed E-state index contributed by atoms with van der Waals surface area (Å²) in [6.07, 6.45) is 1.70. The van der Waals surface area contributed by atoms with Crippen LogP contribution in [0.2, 0.25) is 0 Å². The number of hydrogen-bond acceptors (Lipinski definition) is 3. The zero-order valence-electron chi connectivity index (χ0n) is 9.04. The van der Waals surface area contributed by atoms with Crippen molar-refractivity contribution in [2.45, 2.75) is 57.8 Å². The standard InChI is InChI=1S/C10H19NO3/c1-10(2,3)14-9(13)11-7-5-4-6-8(7)12/h7-8,12H,4-6H2,1-3H3,(H,11,13). The van der Waals surface area contributed by atoms with E-state index in [-0.39, 0.29) is 6.04 Å². The monoisotopic (exact) mass is 201 g/mol. The van der Waals surface area contributed by atoms with E-state index in [1.54, 1.807) is 0 Å². The minimum atomic E-state index is -0.479. The molecule has 1 saturated carbocycles. The summed E-state index contributed by atoms with van der Waals surface area (Å²) in [6, 6.07) is -0.134. The maximum atomic E-state index is 11.3. The smallest absolute Gasteiger partial charge is 0.407 e. The molecular formula is C10H19NO3. The number of nitrogens with one attached hydrogen (secondary N) is 1. The highest BCUT2D eigenvalue weighted by Crippen LogP contribution is 2.19. The van der Waals surface area contributed by atoms with Crippen LogP contribution in [0.1, 0.15) is 40.0 Å². The Balaban J connectivity index is 2.33. The van der Waals surface area contributed by atoms with Crippen molar-refractivity contribution in [1.82, 2.24) is 5.32 Å². The molecular weight excluding hydrogens is 182 g/mol. The molecule has 14 heavy (non-hydrogen) atoms. The molecule has 82 valence electrons. The van der Waals surface area contributed by atoms with Crippen LogP contribution in [0.25, 0.3) is 0 Å². The van der Waals surface area contributed by atoms with E-state index >= 15 is 0 Å². The predicted molar refractivity (Wildman–Crippen MR) is 53.0 cm³/mol. The first-order valence-electron chi connectivity index (χ1n) is 5.06. The topological polar surface area (TPSA) is 58.6 Å². The van der Waals surface area contributed by atoms with Crippen LogP contribution in [-0.2, 0) is 4.74 Å². The summed E-state index contributed by atoms with van der Waals surface area (Å²) >= 11 is 0. The largest absolute Gasteiger partial charge is 0.444 e. The number of carbonyl (C=O) groups excluding carboxylic acids is 1. The molecule has 2 atom stereocenters. The van der Waals surface area contributed by atoms with Gasteiger partial charge in [0.25, 0.3) is 0 Å². The lowest BCUT2D eigenvalue weighted by Crippen LogP contribution is -2.42. The van der Waals surface area contributed by atoms with Gasteiger partial charge in [-0.15, -0.1) is 0 Å². The quantitative estimate of drug-likeness (QED) is 0.674. The zero-order chi connectivity index (χ0) is 10.8. The van der Waals surface area contributed by atoms with E-state index in [1.165, 1.54) is 0 Å². The highest BCUT2D eigenvalue weighted by atomic mass is 16.6. The molecule has 0 heterocycles. The Kier molecular flexibility index (Phi) is 3.37.